The Morgan fingerprint density at radius 3 is 1.00 bits per heavy atom. The molecule has 0 aliphatic heterocycles. The lowest BCUT2D eigenvalue weighted by atomic mass is 10.0. The van der Waals surface area contributed by atoms with E-state index in [4.69, 9.17) is 13.6 Å². The first-order chi connectivity index (χ1) is 11.6. The lowest BCUT2D eigenvalue weighted by molar-refractivity contribution is -0.138. The Balaban J connectivity index is 6.06. The second-order valence-corrected chi connectivity index (χ2v) is 8.40. The minimum atomic E-state index is -4.59. The van der Waals surface area contributed by atoms with Gasteiger partial charge in [-0.05, 0) is 59.8 Å². The van der Waals surface area contributed by atoms with Gasteiger partial charge in [-0.25, -0.2) is 4.57 Å². The molecular formula is C18H27O7P. The van der Waals surface area contributed by atoms with Gasteiger partial charge in [0.25, 0.3) is 0 Å². The first-order valence-corrected chi connectivity index (χ1v) is 9.26. The van der Waals surface area contributed by atoms with E-state index in [1.54, 1.807) is 0 Å². The summed E-state index contributed by atoms with van der Waals surface area (Å²) in [7, 11) is -4.59. The van der Waals surface area contributed by atoms with Crippen molar-refractivity contribution in [2.45, 2.75) is 58.3 Å². The topological polar surface area (TPSA) is 96.0 Å². The van der Waals surface area contributed by atoms with Gasteiger partial charge in [0.1, 0.15) is 16.8 Å². The van der Waals surface area contributed by atoms with Crippen molar-refractivity contribution in [3.63, 3.8) is 0 Å². The van der Waals surface area contributed by atoms with Gasteiger partial charge in [-0.1, -0.05) is 19.7 Å². The zero-order valence-corrected chi connectivity index (χ0v) is 17.1. The minimum absolute atomic E-state index is 0.592. The number of rotatable bonds is 12. The van der Waals surface area contributed by atoms with Crippen molar-refractivity contribution >= 4 is 25.2 Å². The Morgan fingerprint density at radius 2 is 0.846 bits per heavy atom. The summed E-state index contributed by atoms with van der Waals surface area (Å²) in [5.41, 5.74) is -4.92. The van der Waals surface area contributed by atoms with Gasteiger partial charge in [-0.3, -0.25) is 28.0 Å². The molecule has 0 aromatic carbocycles. The van der Waals surface area contributed by atoms with E-state index in [0.29, 0.717) is 0 Å². The summed E-state index contributed by atoms with van der Waals surface area (Å²) >= 11 is 0. The lowest BCUT2D eigenvalue weighted by Crippen LogP contribution is -2.40. The number of hydrogen-bond acceptors (Lipinski definition) is 7. The van der Waals surface area contributed by atoms with Crippen LogP contribution in [0.25, 0.3) is 0 Å². The van der Waals surface area contributed by atoms with Crippen LogP contribution in [0.1, 0.15) is 41.5 Å². The first-order valence-electron chi connectivity index (χ1n) is 7.80. The van der Waals surface area contributed by atoms with Crippen LogP contribution in [0.2, 0.25) is 0 Å². The average molecular weight is 386 g/mol. The molecule has 0 fully saturated rings. The first kappa shape index (κ1) is 24.3. The molecule has 146 valence electrons. The Morgan fingerprint density at radius 1 is 0.654 bits per heavy atom. The van der Waals surface area contributed by atoms with Crippen molar-refractivity contribution in [3.8, 4) is 0 Å². The fourth-order valence-corrected chi connectivity index (χ4v) is 3.83. The summed E-state index contributed by atoms with van der Waals surface area (Å²) < 4.78 is 29.4. The van der Waals surface area contributed by atoms with Crippen LogP contribution in [0.5, 0.6) is 0 Å². The summed E-state index contributed by atoms with van der Waals surface area (Å²) in [5, 5.41) is 0. The molecule has 0 aromatic rings. The van der Waals surface area contributed by atoms with Crippen LogP contribution in [0.3, 0.4) is 0 Å². The standard InChI is InChI=1S/C18H27O7P/c1-10-13(19)16(4,5)23-26(22,24-17(6,7)14(20)11-2)25-18(8,9)15(21)12-3/h10-12H,1-3H2,4-9H3. The summed E-state index contributed by atoms with van der Waals surface area (Å²) in [5.74, 6) is -1.78. The predicted molar refractivity (Wildman–Crippen MR) is 98.7 cm³/mol. The smallest absolute Gasteiger partial charge is 0.292 e. The fourth-order valence-electron chi connectivity index (χ4n) is 1.77. The molecule has 0 unspecified atom stereocenters. The van der Waals surface area contributed by atoms with E-state index < -0.39 is 42.0 Å². The molecule has 0 saturated carbocycles. The van der Waals surface area contributed by atoms with Crippen molar-refractivity contribution in [1.82, 2.24) is 0 Å². The van der Waals surface area contributed by atoms with Gasteiger partial charge in [0, 0.05) is 0 Å². The summed E-state index contributed by atoms with van der Waals surface area (Å²) in [4.78, 5) is 35.9. The normalized spacial score (nSPS) is 13.0. The molecule has 0 aromatic heterocycles. The van der Waals surface area contributed by atoms with Gasteiger partial charge in [-0.2, -0.15) is 0 Å². The molecule has 0 N–H and O–H groups in total. The average Bonchev–Trinajstić information content (AvgIpc) is 2.49. The van der Waals surface area contributed by atoms with Crippen LogP contribution in [0.15, 0.2) is 38.0 Å². The monoisotopic (exact) mass is 386 g/mol. The Labute approximate surface area is 154 Å². The van der Waals surface area contributed by atoms with E-state index >= 15 is 0 Å². The largest absolute Gasteiger partial charge is 0.477 e. The molecule has 0 rings (SSSR count). The highest BCUT2D eigenvalue weighted by atomic mass is 31.2. The molecule has 0 bridgehead atoms. The maximum Gasteiger partial charge on any atom is 0.477 e. The number of carbonyl (C=O) groups excluding carboxylic acids is 3. The molecule has 0 radical (unpaired) electrons. The van der Waals surface area contributed by atoms with Crippen molar-refractivity contribution in [2.75, 3.05) is 0 Å². The zero-order valence-electron chi connectivity index (χ0n) is 16.2. The van der Waals surface area contributed by atoms with Crippen LogP contribution in [-0.2, 0) is 32.5 Å². The second-order valence-electron chi connectivity index (χ2n) is 6.96. The highest BCUT2D eigenvalue weighted by Gasteiger charge is 2.48. The van der Waals surface area contributed by atoms with E-state index in [9.17, 15) is 18.9 Å². The van der Waals surface area contributed by atoms with Gasteiger partial charge in [-0.15, -0.1) is 0 Å². The molecule has 0 amide bonds. The number of phosphoric acid groups is 1. The maximum atomic E-state index is 13.3. The summed E-state index contributed by atoms with van der Waals surface area (Å²) in [6, 6.07) is 0. The number of carbonyl (C=O) groups is 3. The molecule has 0 heterocycles. The minimum Gasteiger partial charge on any atom is -0.292 e. The zero-order chi connectivity index (χ0) is 21.0. The third-order valence-corrected chi connectivity index (χ3v) is 5.40. The van der Waals surface area contributed by atoms with E-state index in [-0.39, 0.29) is 0 Å². The molecule has 0 saturated heterocycles. The molecule has 0 spiro atoms. The van der Waals surface area contributed by atoms with Crippen LogP contribution in [0, 0.1) is 0 Å². The highest BCUT2D eigenvalue weighted by Crippen LogP contribution is 2.58. The van der Waals surface area contributed by atoms with Crippen LogP contribution in [0.4, 0.5) is 0 Å². The van der Waals surface area contributed by atoms with Crippen molar-refractivity contribution in [2.24, 2.45) is 0 Å². The Hall–Kier alpha value is -1.66. The second kappa shape index (κ2) is 8.35. The highest BCUT2D eigenvalue weighted by molar-refractivity contribution is 7.48. The summed E-state index contributed by atoms with van der Waals surface area (Å²) in [6.45, 7) is 18.1. The predicted octanol–water partition coefficient (Wildman–Crippen LogP) is 3.75. The molecule has 8 heteroatoms. The van der Waals surface area contributed by atoms with Crippen molar-refractivity contribution in [1.29, 1.82) is 0 Å². The number of phosphoric ester groups is 1. The van der Waals surface area contributed by atoms with Gasteiger partial charge in [0.2, 0.25) is 0 Å². The quantitative estimate of drug-likeness (QED) is 0.372. The van der Waals surface area contributed by atoms with Gasteiger partial charge in [0.05, 0.1) is 0 Å². The Bertz CT molecular complexity index is 581. The summed E-state index contributed by atoms with van der Waals surface area (Å²) in [6.07, 6.45) is 2.97. The van der Waals surface area contributed by atoms with Crippen LogP contribution >= 0.6 is 7.82 Å². The van der Waals surface area contributed by atoms with E-state index in [2.05, 4.69) is 19.7 Å². The van der Waals surface area contributed by atoms with E-state index in [1.807, 2.05) is 0 Å². The molecule has 0 aliphatic carbocycles. The van der Waals surface area contributed by atoms with Gasteiger partial charge in [0.15, 0.2) is 17.3 Å². The maximum absolute atomic E-state index is 13.3. The Kier molecular flexibility index (Phi) is 7.82. The fraction of sp³-hybridized carbons (Fsp3) is 0.500. The van der Waals surface area contributed by atoms with Crippen molar-refractivity contribution in [3.05, 3.63) is 38.0 Å². The molecule has 0 atom stereocenters. The number of ketones is 3. The van der Waals surface area contributed by atoms with Crippen LogP contribution < -0.4 is 0 Å². The SMILES string of the molecule is C=CC(=O)C(C)(C)OP(=O)(OC(C)(C)C(=O)C=C)OC(C)(C)C(=O)C=C. The van der Waals surface area contributed by atoms with Crippen molar-refractivity contribution < 1.29 is 32.5 Å². The molecule has 7 nitrogen and oxygen atoms in total. The van der Waals surface area contributed by atoms with Crippen LogP contribution in [-0.4, -0.2) is 34.2 Å². The third kappa shape index (κ3) is 6.25. The van der Waals surface area contributed by atoms with Gasteiger partial charge < -0.3 is 0 Å². The third-order valence-electron chi connectivity index (χ3n) is 3.36. The number of hydrogen-bond donors (Lipinski definition) is 0. The lowest BCUT2D eigenvalue weighted by Gasteiger charge is -2.35. The molecule has 26 heavy (non-hydrogen) atoms. The van der Waals surface area contributed by atoms with E-state index in [0.717, 1.165) is 18.2 Å². The molecular weight excluding hydrogens is 359 g/mol. The van der Waals surface area contributed by atoms with Gasteiger partial charge >= 0.3 is 7.82 Å². The van der Waals surface area contributed by atoms with E-state index in [1.165, 1.54) is 41.5 Å². The molecule has 0 aliphatic rings.